The summed E-state index contributed by atoms with van der Waals surface area (Å²) < 4.78 is 0. The second kappa shape index (κ2) is 4.73. The van der Waals surface area contributed by atoms with Crippen molar-refractivity contribution in [2.75, 3.05) is 0 Å². The average Bonchev–Trinajstić information content (AvgIpc) is 2.47. The Balaban J connectivity index is 2.20. The van der Waals surface area contributed by atoms with Gasteiger partial charge >= 0.3 is 0 Å². The summed E-state index contributed by atoms with van der Waals surface area (Å²) in [5.41, 5.74) is 1.84. The van der Waals surface area contributed by atoms with Gasteiger partial charge in [-0.15, -0.1) is 0 Å². The Hall–Kier alpha value is -2.19. The molecule has 0 aliphatic heterocycles. The minimum atomic E-state index is -1.05. The predicted molar refractivity (Wildman–Crippen MR) is 81.6 cm³/mol. The minimum absolute atomic E-state index is 0.833. The van der Waals surface area contributed by atoms with Crippen LogP contribution in [0.5, 0.6) is 0 Å². The van der Waals surface area contributed by atoms with Gasteiger partial charge in [0.25, 0.3) is 0 Å². The molecule has 0 saturated heterocycles. The molecule has 3 aromatic rings. The molecule has 0 aliphatic carbocycles. The van der Waals surface area contributed by atoms with Crippen LogP contribution in [-0.4, -0.2) is 10.1 Å². The third-order valence-corrected chi connectivity index (χ3v) is 3.81. The summed E-state index contributed by atoms with van der Waals surface area (Å²) in [6.07, 6.45) is 3.58. The molecule has 1 unspecified atom stereocenters. The third-order valence-electron chi connectivity index (χ3n) is 3.81. The van der Waals surface area contributed by atoms with Gasteiger partial charge in [0, 0.05) is 23.3 Å². The van der Waals surface area contributed by atoms with Gasteiger partial charge in [-0.2, -0.15) is 0 Å². The van der Waals surface area contributed by atoms with Crippen molar-refractivity contribution in [1.82, 2.24) is 4.98 Å². The first kappa shape index (κ1) is 12.8. The Bertz CT molecular complexity index is 739. The molecule has 2 aromatic carbocycles. The number of hydrogen-bond acceptors (Lipinski definition) is 2. The number of aliphatic hydroxyl groups is 1. The molecular weight excluding hydrogens is 246 g/mol. The minimum Gasteiger partial charge on any atom is -0.381 e. The summed E-state index contributed by atoms with van der Waals surface area (Å²) in [5, 5.41) is 13.1. The SMILES string of the molecule is Cc1ccc(C(C)(O)c2cncc3ccccc23)cc1. The van der Waals surface area contributed by atoms with Crippen LogP contribution in [0.15, 0.2) is 60.9 Å². The van der Waals surface area contributed by atoms with E-state index in [9.17, 15) is 5.11 Å². The number of hydrogen-bond donors (Lipinski definition) is 1. The molecule has 100 valence electrons. The topological polar surface area (TPSA) is 33.1 Å². The number of nitrogens with zero attached hydrogens (tertiary/aromatic N) is 1. The third kappa shape index (κ3) is 2.08. The Morgan fingerprint density at radius 1 is 0.950 bits per heavy atom. The summed E-state index contributed by atoms with van der Waals surface area (Å²) in [5.74, 6) is 0. The molecule has 0 saturated carbocycles. The van der Waals surface area contributed by atoms with E-state index in [0.717, 1.165) is 21.9 Å². The zero-order chi connectivity index (χ0) is 14.2. The van der Waals surface area contributed by atoms with Crippen LogP contribution in [0, 0.1) is 6.92 Å². The highest BCUT2D eigenvalue weighted by atomic mass is 16.3. The van der Waals surface area contributed by atoms with Crippen molar-refractivity contribution in [2.45, 2.75) is 19.4 Å². The van der Waals surface area contributed by atoms with Crippen LogP contribution < -0.4 is 0 Å². The van der Waals surface area contributed by atoms with Crippen LogP contribution >= 0.6 is 0 Å². The van der Waals surface area contributed by atoms with Gasteiger partial charge in [0.1, 0.15) is 5.60 Å². The normalized spacial score (nSPS) is 14.2. The molecule has 0 bridgehead atoms. The van der Waals surface area contributed by atoms with Gasteiger partial charge in [0.2, 0.25) is 0 Å². The second-order valence-corrected chi connectivity index (χ2v) is 5.35. The Labute approximate surface area is 118 Å². The smallest absolute Gasteiger partial charge is 0.114 e. The molecule has 0 aliphatic rings. The van der Waals surface area contributed by atoms with Crippen molar-refractivity contribution >= 4 is 10.8 Å². The molecule has 0 amide bonds. The lowest BCUT2D eigenvalue weighted by Crippen LogP contribution is -2.23. The molecule has 0 radical (unpaired) electrons. The predicted octanol–water partition coefficient (Wildman–Crippen LogP) is 3.80. The molecular formula is C18H17NO. The van der Waals surface area contributed by atoms with Crippen molar-refractivity contribution in [3.63, 3.8) is 0 Å². The first-order chi connectivity index (χ1) is 9.59. The molecule has 1 heterocycles. The second-order valence-electron chi connectivity index (χ2n) is 5.35. The van der Waals surface area contributed by atoms with Gasteiger partial charge in [-0.25, -0.2) is 0 Å². The highest BCUT2D eigenvalue weighted by Crippen LogP contribution is 2.33. The van der Waals surface area contributed by atoms with E-state index in [1.54, 1.807) is 6.20 Å². The summed E-state index contributed by atoms with van der Waals surface area (Å²) in [6.45, 7) is 3.86. The summed E-state index contributed by atoms with van der Waals surface area (Å²) in [4.78, 5) is 4.26. The number of benzene rings is 2. The van der Waals surface area contributed by atoms with E-state index in [-0.39, 0.29) is 0 Å². The molecule has 2 heteroatoms. The maximum Gasteiger partial charge on any atom is 0.114 e. The monoisotopic (exact) mass is 263 g/mol. The summed E-state index contributed by atoms with van der Waals surface area (Å²) >= 11 is 0. The Morgan fingerprint density at radius 2 is 1.65 bits per heavy atom. The Kier molecular flexibility index (Phi) is 3.03. The summed E-state index contributed by atoms with van der Waals surface area (Å²) in [6, 6.07) is 16.0. The van der Waals surface area contributed by atoms with E-state index >= 15 is 0 Å². The Morgan fingerprint density at radius 3 is 2.40 bits per heavy atom. The van der Waals surface area contributed by atoms with Crippen LogP contribution in [-0.2, 0) is 5.60 Å². The number of rotatable bonds is 2. The number of aryl methyl sites for hydroxylation is 1. The highest BCUT2D eigenvalue weighted by Gasteiger charge is 2.27. The van der Waals surface area contributed by atoms with E-state index in [2.05, 4.69) is 4.98 Å². The molecule has 1 atom stereocenters. The molecule has 1 aromatic heterocycles. The lowest BCUT2D eigenvalue weighted by atomic mass is 9.86. The van der Waals surface area contributed by atoms with E-state index in [4.69, 9.17) is 0 Å². The lowest BCUT2D eigenvalue weighted by molar-refractivity contribution is 0.103. The first-order valence-corrected chi connectivity index (χ1v) is 6.72. The van der Waals surface area contributed by atoms with Gasteiger partial charge in [-0.3, -0.25) is 4.98 Å². The van der Waals surface area contributed by atoms with E-state index < -0.39 is 5.60 Å². The molecule has 2 nitrogen and oxygen atoms in total. The standard InChI is InChI=1S/C18H17NO/c1-13-7-9-15(10-8-13)18(2,20)17-12-19-11-14-5-3-4-6-16(14)17/h3-12,20H,1-2H3. The zero-order valence-corrected chi connectivity index (χ0v) is 11.7. The fraction of sp³-hybridized carbons (Fsp3) is 0.167. The van der Waals surface area contributed by atoms with Crippen molar-refractivity contribution in [2.24, 2.45) is 0 Å². The largest absolute Gasteiger partial charge is 0.381 e. The van der Waals surface area contributed by atoms with Gasteiger partial charge in [-0.1, -0.05) is 54.1 Å². The van der Waals surface area contributed by atoms with Gasteiger partial charge < -0.3 is 5.11 Å². The average molecular weight is 263 g/mol. The molecule has 0 fully saturated rings. The fourth-order valence-electron chi connectivity index (χ4n) is 2.54. The number of fused-ring (bicyclic) bond motifs is 1. The van der Waals surface area contributed by atoms with Crippen LogP contribution in [0.4, 0.5) is 0 Å². The summed E-state index contributed by atoms with van der Waals surface area (Å²) in [7, 11) is 0. The first-order valence-electron chi connectivity index (χ1n) is 6.72. The van der Waals surface area contributed by atoms with E-state index in [1.807, 2.05) is 68.6 Å². The van der Waals surface area contributed by atoms with E-state index in [0.29, 0.717) is 0 Å². The van der Waals surface area contributed by atoms with Crippen LogP contribution in [0.1, 0.15) is 23.6 Å². The zero-order valence-electron chi connectivity index (χ0n) is 11.7. The van der Waals surface area contributed by atoms with Crippen molar-refractivity contribution < 1.29 is 5.11 Å². The van der Waals surface area contributed by atoms with Gasteiger partial charge in [0.05, 0.1) is 0 Å². The molecule has 1 N–H and O–H groups in total. The molecule has 3 rings (SSSR count). The van der Waals surface area contributed by atoms with Crippen LogP contribution in [0.25, 0.3) is 10.8 Å². The van der Waals surface area contributed by atoms with Gasteiger partial charge in [0.15, 0.2) is 0 Å². The van der Waals surface area contributed by atoms with Crippen molar-refractivity contribution in [3.8, 4) is 0 Å². The van der Waals surface area contributed by atoms with Crippen LogP contribution in [0.2, 0.25) is 0 Å². The fourth-order valence-corrected chi connectivity index (χ4v) is 2.54. The molecule has 0 spiro atoms. The quantitative estimate of drug-likeness (QED) is 0.763. The maximum atomic E-state index is 11.0. The van der Waals surface area contributed by atoms with Crippen molar-refractivity contribution in [3.05, 3.63) is 77.6 Å². The lowest BCUT2D eigenvalue weighted by Gasteiger charge is -2.25. The maximum absolute atomic E-state index is 11.0. The molecule has 20 heavy (non-hydrogen) atoms. The number of aromatic nitrogens is 1. The van der Waals surface area contributed by atoms with Crippen LogP contribution in [0.3, 0.4) is 0 Å². The van der Waals surface area contributed by atoms with E-state index in [1.165, 1.54) is 5.56 Å². The highest BCUT2D eigenvalue weighted by molar-refractivity contribution is 5.85. The van der Waals surface area contributed by atoms with Crippen molar-refractivity contribution in [1.29, 1.82) is 0 Å². The van der Waals surface area contributed by atoms with Gasteiger partial charge in [-0.05, 0) is 24.8 Å². The number of pyridine rings is 1.